The van der Waals surface area contributed by atoms with Crippen molar-refractivity contribution in [1.82, 2.24) is 10.2 Å². The summed E-state index contributed by atoms with van der Waals surface area (Å²) >= 11 is 1.72. The Hall–Kier alpha value is -3.39. The molecular formula is C33H49N5O2S. The number of hydrogen-bond acceptors (Lipinski definition) is 6. The SMILES string of the molecule is C/C=C\C=C(/C)C(=O)N(C)C(=N[C@H](C=O)CC(C)C)Nc1ccc(CCNC2=NC/C=C\C=C/C(C)S2)cc1.CC. The van der Waals surface area contributed by atoms with Crippen LogP contribution in [0.3, 0.4) is 0 Å². The summed E-state index contributed by atoms with van der Waals surface area (Å²) in [7, 11) is 1.67. The zero-order valence-electron chi connectivity index (χ0n) is 26.1. The summed E-state index contributed by atoms with van der Waals surface area (Å²) in [5, 5.41) is 8.04. The third-order valence-corrected chi connectivity index (χ3v) is 6.85. The number of carbonyl (C=O) groups excluding carboxylic acids is 2. The third-order valence-electron chi connectivity index (χ3n) is 5.82. The lowest BCUT2D eigenvalue weighted by Gasteiger charge is -2.23. The maximum absolute atomic E-state index is 13.0. The fraction of sp³-hybridized carbons (Fsp3) is 0.455. The summed E-state index contributed by atoms with van der Waals surface area (Å²) in [4.78, 5) is 35.5. The molecule has 1 aliphatic heterocycles. The van der Waals surface area contributed by atoms with E-state index >= 15 is 0 Å². The minimum absolute atomic E-state index is 0.192. The highest BCUT2D eigenvalue weighted by Gasteiger charge is 2.19. The van der Waals surface area contributed by atoms with Gasteiger partial charge in [-0.05, 0) is 57.2 Å². The Balaban J connectivity index is 0.00000411. The summed E-state index contributed by atoms with van der Waals surface area (Å²) < 4.78 is 0. The molecule has 0 bridgehead atoms. The van der Waals surface area contributed by atoms with E-state index in [4.69, 9.17) is 0 Å². The molecule has 0 saturated heterocycles. The van der Waals surface area contributed by atoms with Crippen molar-refractivity contribution in [1.29, 1.82) is 0 Å². The average molecular weight is 580 g/mol. The average Bonchev–Trinajstić information content (AvgIpc) is 3.07. The second-order valence-corrected chi connectivity index (χ2v) is 11.2. The topological polar surface area (TPSA) is 86.2 Å². The molecule has 41 heavy (non-hydrogen) atoms. The van der Waals surface area contributed by atoms with E-state index in [1.54, 1.807) is 31.8 Å². The number of benzene rings is 1. The smallest absolute Gasteiger partial charge is 0.255 e. The van der Waals surface area contributed by atoms with Crippen LogP contribution in [-0.2, 0) is 16.0 Å². The predicted octanol–water partition coefficient (Wildman–Crippen LogP) is 6.81. The minimum Gasteiger partial charge on any atom is -0.365 e. The van der Waals surface area contributed by atoms with Gasteiger partial charge < -0.3 is 15.4 Å². The van der Waals surface area contributed by atoms with Crippen LogP contribution in [-0.4, -0.2) is 59.6 Å². The van der Waals surface area contributed by atoms with Gasteiger partial charge in [0.05, 0.1) is 6.54 Å². The van der Waals surface area contributed by atoms with Crippen LogP contribution in [0, 0.1) is 5.92 Å². The summed E-state index contributed by atoms with van der Waals surface area (Å²) in [6.45, 7) is 15.4. The highest BCUT2D eigenvalue weighted by molar-refractivity contribution is 8.14. The molecule has 8 heteroatoms. The Morgan fingerprint density at radius 1 is 1.22 bits per heavy atom. The molecule has 0 spiro atoms. The third kappa shape index (κ3) is 14.2. The molecule has 1 aromatic rings. The largest absolute Gasteiger partial charge is 0.365 e. The minimum atomic E-state index is -0.542. The van der Waals surface area contributed by atoms with Gasteiger partial charge in [-0.15, -0.1) is 0 Å². The van der Waals surface area contributed by atoms with Gasteiger partial charge in [0.25, 0.3) is 5.91 Å². The van der Waals surface area contributed by atoms with E-state index in [0.29, 0.717) is 35.7 Å². The van der Waals surface area contributed by atoms with E-state index < -0.39 is 6.04 Å². The summed E-state index contributed by atoms with van der Waals surface area (Å²) in [6.07, 6.45) is 16.1. The van der Waals surface area contributed by atoms with Gasteiger partial charge in [-0.2, -0.15) is 0 Å². The lowest BCUT2D eigenvalue weighted by molar-refractivity contribution is -0.122. The van der Waals surface area contributed by atoms with E-state index in [2.05, 4.69) is 51.8 Å². The van der Waals surface area contributed by atoms with Crippen molar-refractivity contribution in [3.63, 3.8) is 0 Å². The van der Waals surface area contributed by atoms with Gasteiger partial charge in [0.2, 0.25) is 5.96 Å². The predicted molar refractivity (Wildman–Crippen MR) is 179 cm³/mol. The van der Waals surface area contributed by atoms with Crippen molar-refractivity contribution >= 4 is 40.8 Å². The Morgan fingerprint density at radius 2 is 1.93 bits per heavy atom. The number of carbonyl (C=O) groups is 2. The van der Waals surface area contributed by atoms with E-state index in [1.807, 2.05) is 71.1 Å². The number of guanidine groups is 1. The molecule has 1 heterocycles. The number of amides is 1. The maximum Gasteiger partial charge on any atom is 0.255 e. The van der Waals surface area contributed by atoms with Crippen LogP contribution < -0.4 is 10.6 Å². The number of amidine groups is 1. The van der Waals surface area contributed by atoms with Gasteiger partial charge in [-0.3, -0.25) is 14.7 Å². The van der Waals surface area contributed by atoms with Gasteiger partial charge in [0, 0.05) is 30.1 Å². The molecule has 0 aliphatic carbocycles. The van der Waals surface area contributed by atoms with E-state index in [1.165, 1.54) is 10.5 Å². The molecule has 2 N–H and O–H groups in total. The van der Waals surface area contributed by atoms with E-state index in [9.17, 15) is 9.59 Å². The number of rotatable bonds is 10. The highest BCUT2D eigenvalue weighted by atomic mass is 32.2. The molecule has 2 atom stereocenters. The van der Waals surface area contributed by atoms with Crippen molar-refractivity contribution in [2.75, 3.05) is 25.5 Å². The first-order valence-electron chi connectivity index (χ1n) is 14.5. The molecular weight excluding hydrogens is 530 g/mol. The van der Waals surface area contributed by atoms with Crippen molar-refractivity contribution in [2.24, 2.45) is 15.9 Å². The Bertz CT molecular complexity index is 1120. The normalized spacial score (nSPS) is 18.2. The van der Waals surface area contributed by atoms with Gasteiger partial charge >= 0.3 is 0 Å². The molecule has 1 amide bonds. The highest BCUT2D eigenvalue weighted by Crippen LogP contribution is 2.16. The second-order valence-electron chi connectivity index (χ2n) is 9.81. The van der Waals surface area contributed by atoms with Gasteiger partial charge in [-0.1, -0.05) is 94.1 Å². The summed E-state index contributed by atoms with van der Waals surface area (Å²) in [6, 6.07) is 7.50. The van der Waals surface area contributed by atoms with Crippen LogP contribution in [0.2, 0.25) is 0 Å². The molecule has 1 aromatic carbocycles. The number of hydrogen-bond donors (Lipinski definition) is 2. The van der Waals surface area contributed by atoms with Gasteiger partial charge in [-0.25, -0.2) is 4.99 Å². The summed E-state index contributed by atoms with van der Waals surface area (Å²) in [5.41, 5.74) is 2.54. The molecule has 0 fully saturated rings. The van der Waals surface area contributed by atoms with Crippen molar-refractivity contribution in [2.45, 2.75) is 72.6 Å². The number of aldehydes is 1. The molecule has 224 valence electrons. The molecule has 0 saturated carbocycles. The first-order valence-corrected chi connectivity index (χ1v) is 15.4. The molecule has 7 nitrogen and oxygen atoms in total. The fourth-order valence-electron chi connectivity index (χ4n) is 3.70. The number of nitrogens with one attached hydrogen (secondary N) is 2. The van der Waals surface area contributed by atoms with Crippen molar-refractivity contribution in [3.8, 4) is 0 Å². The lowest BCUT2D eigenvalue weighted by atomic mass is 10.1. The van der Waals surface area contributed by atoms with E-state index in [-0.39, 0.29) is 5.91 Å². The van der Waals surface area contributed by atoms with Crippen LogP contribution in [0.25, 0.3) is 0 Å². The van der Waals surface area contributed by atoms with Gasteiger partial charge in [0.15, 0.2) is 5.17 Å². The van der Waals surface area contributed by atoms with Crippen LogP contribution >= 0.6 is 11.8 Å². The maximum atomic E-state index is 13.0. The Labute approximate surface area is 252 Å². The molecule has 0 radical (unpaired) electrons. The fourth-order valence-corrected chi connectivity index (χ4v) is 4.55. The zero-order chi connectivity index (χ0) is 30.6. The Morgan fingerprint density at radius 3 is 2.56 bits per heavy atom. The quantitative estimate of drug-likeness (QED) is 0.105. The monoisotopic (exact) mass is 579 g/mol. The molecule has 2 rings (SSSR count). The Kier molecular flexibility index (Phi) is 17.8. The van der Waals surface area contributed by atoms with E-state index in [0.717, 1.165) is 30.1 Å². The number of allylic oxidation sites excluding steroid dienone is 5. The standard InChI is InChI=1S/C31H43N5O2S.C2H6/c1-7-8-12-24(4)29(38)36(6)30(35-28(22-37)21-23(2)3)34-27-16-14-26(15-17-27)18-20-33-31-32-19-11-9-10-13-25(5)39-31;1-2/h7-17,22-23,25,28H,18-21H2,1-6H3,(H,32,33)(H,34,35);1-2H3/b8-7-,11-9-,13-10-,24-12+;/t25?,28-;/m0./s1. The molecule has 0 aromatic heterocycles. The number of nitrogens with zero attached hydrogens (tertiary/aromatic N) is 3. The van der Waals surface area contributed by atoms with Crippen LogP contribution in [0.15, 0.2) is 82.4 Å². The van der Waals surface area contributed by atoms with Gasteiger partial charge in [0.1, 0.15) is 12.3 Å². The van der Waals surface area contributed by atoms with Crippen molar-refractivity contribution in [3.05, 3.63) is 77.9 Å². The first kappa shape index (κ1) is 35.6. The number of thioether (sulfide) groups is 1. The first-order chi connectivity index (χ1) is 19.7. The summed E-state index contributed by atoms with van der Waals surface area (Å²) in [5.74, 6) is 0.442. The lowest BCUT2D eigenvalue weighted by Crippen LogP contribution is -2.39. The number of aliphatic imine (C=N–C) groups is 2. The van der Waals surface area contributed by atoms with Crippen molar-refractivity contribution < 1.29 is 9.59 Å². The molecule has 1 unspecified atom stereocenters. The van der Waals surface area contributed by atoms with Crippen LogP contribution in [0.1, 0.15) is 60.5 Å². The number of likely N-dealkylation sites (N-methyl/N-ethyl adjacent to an activating group) is 1. The zero-order valence-corrected chi connectivity index (χ0v) is 26.9. The molecule has 1 aliphatic rings. The van der Waals surface area contributed by atoms with Crippen LogP contribution in [0.5, 0.6) is 0 Å². The number of anilines is 1. The second kappa shape index (κ2) is 20.5. The van der Waals surface area contributed by atoms with Crippen LogP contribution in [0.4, 0.5) is 5.69 Å².